The fourth-order valence-corrected chi connectivity index (χ4v) is 4.43. The van der Waals surface area contributed by atoms with Crippen molar-refractivity contribution in [3.8, 4) is 0 Å². The van der Waals surface area contributed by atoms with Gasteiger partial charge in [-0.3, -0.25) is 19.5 Å². The molecule has 1 saturated heterocycles. The zero-order valence-corrected chi connectivity index (χ0v) is 16.2. The van der Waals surface area contributed by atoms with Crippen LogP contribution in [0.5, 0.6) is 0 Å². The van der Waals surface area contributed by atoms with Crippen molar-refractivity contribution in [2.45, 2.75) is 63.5 Å². The molecule has 1 amide bonds. The van der Waals surface area contributed by atoms with Crippen molar-refractivity contribution in [3.63, 3.8) is 0 Å². The molecule has 1 aromatic heterocycles. The molecule has 0 bridgehead atoms. The number of nitrogens with one attached hydrogen (secondary N) is 1. The van der Waals surface area contributed by atoms with E-state index in [1.165, 1.54) is 25.5 Å². The molecule has 6 heteroatoms. The Balaban J connectivity index is 1.36. The van der Waals surface area contributed by atoms with Gasteiger partial charge in [0.05, 0.1) is 13.0 Å². The minimum Gasteiger partial charge on any atom is -0.469 e. The van der Waals surface area contributed by atoms with Crippen molar-refractivity contribution in [2.75, 3.05) is 20.2 Å². The predicted octanol–water partition coefficient (Wildman–Crippen LogP) is 2.85. The lowest BCUT2D eigenvalue weighted by molar-refractivity contribution is -0.146. The zero-order valence-electron chi connectivity index (χ0n) is 16.2. The van der Waals surface area contributed by atoms with Gasteiger partial charge in [-0.15, -0.1) is 0 Å². The fraction of sp³-hybridized carbons (Fsp3) is 0.667. The monoisotopic (exact) mass is 373 g/mol. The molecular weight excluding hydrogens is 342 g/mol. The Hall–Kier alpha value is -1.95. The first-order valence-electron chi connectivity index (χ1n) is 10.2. The number of pyridine rings is 1. The molecule has 2 aliphatic rings. The molecule has 148 valence electrons. The predicted molar refractivity (Wildman–Crippen MR) is 103 cm³/mol. The first-order valence-corrected chi connectivity index (χ1v) is 10.2. The summed E-state index contributed by atoms with van der Waals surface area (Å²) in [4.78, 5) is 30.6. The molecule has 3 rings (SSSR count). The number of hydrogen-bond donors (Lipinski definition) is 1. The Morgan fingerprint density at radius 2 is 2.07 bits per heavy atom. The summed E-state index contributed by atoms with van der Waals surface area (Å²) in [6.07, 6.45) is 10.9. The maximum Gasteiger partial charge on any atom is 0.308 e. The van der Waals surface area contributed by atoms with Gasteiger partial charge in [-0.05, 0) is 69.7 Å². The zero-order chi connectivity index (χ0) is 19.1. The summed E-state index contributed by atoms with van der Waals surface area (Å²) in [6.45, 7) is 2.04. The van der Waals surface area contributed by atoms with Crippen LogP contribution in [0.1, 0.15) is 63.0 Å². The Bertz CT molecular complexity index is 614. The van der Waals surface area contributed by atoms with Crippen LogP contribution in [0.3, 0.4) is 0 Å². The quantitative estimate of drug-likeness (QED) is 0.744. The van der Waals surface area contributed by atoms with E-state index in [-0.39, 0.29) is 23.8 Å². The summed E-state index contributed by atoms with van der Waals surface area (Å²) < 4.78 is 4.81. The third-order valence-corrected chi connectivity index (χ3v) is 5.91. The SMILES string of the molecule is COC(=O)C1CCC(NC(=O)CCCN2CCC[C@H]2c2cccnc2)CC1. The molecule has 0 radical (unpaired) electrons. The van der Waals surface area contributed by atoms with Crippen LogP contribution in [0.4, 0.5) is 0 Å². The number of aromatic nitrogens is 1. The lowest BCUT2D eigenvalue weighted by Gasteiger charge is -2.28. The smallest absolute Gasteiger partial charge is 0.308 e. The number of nitrogens with zero attached hydrogens (tertiary/aromatic N) is 2. The summed E-state index contributed by atoms with van der Waals surface area (Å²) in [5.41, 5.74) is 1.28. The van der Waals surface area contributed by atoms with E-state index >= 15 is 0 Å². The second-order valence-corrected chi connectivity index (χ2v) is 7.72. The van der Waals surface area contributed by atoms with Gasteiger partial charge < -0.3 is 10.1 Å². The number of ether oxygens (including phenoxy) is 1. The van der Waals surface area contributed by atoms with E-state index in [1.54, 1.807) is 0 Å². The molecule has 1 saturated carbocycles. The van der Waals surface area contributed by atoms with Gasteiger partial charge in [0.1, 0.15) is 0 Å². The van der Waals surface area contributed by atoms with Crippen LogP contribution in [0, 0.1) is 5.92 Å². The normalized spacial score (nSPS) is 25.9. The van der Waals surface area contributed by atoms with Crippen LogP contribution >= 0.6 is 0 Å². The van der Waals surface area contributed by atoms with Crippen molar-refractivity contribution in [3.05, 3.63) is 30.1 Å². The average molecular weight is 373 g/mol. The Morgan fingerprint density at radius 1 is 1.26 bits per heavy atom. The molecule has 1 aliphatic carbocycles. The second-order valence-electron chi connectivity index (χ2n) is 7.72. The Morgan fingerprint density at radius 3 is 2.78 bits per heavy atom. The summed E-state index contributed by atoms with van der Waals surface area (Å²) >= 11 is 0. The number of rotatable bonds is 7. The molecule has 1 aliphatic heterocycles. The number of likely N-dealkylation sites (tertiary alicyclic amines) is 1. The first-order chi connectivity index (χ1) is 13.2. The van der Waals surface area contributed by atoms with Crippen LogP contribution < -0.4 is 5.32 Å². The lowest BCUT2D eigenvalue weighted by atomic mass is 9.86. The number of hydrogen-bond acceptors (Lipinski definition) is 5. The molecule has 2 heterocycles. The van der Waals surface area contributed by atoms with E-state index in [9.17, 15) is 9.59 Å². The minimum absolute atomic E-state index is 0.00253. The highest BCUT2D eigenvalue weighted by Crippen LogP contribution is 2.31. The fourth-order valence-electron chi connectivity index (χ4n) is 4.43. The van der Waals surface area contributed by atoms with Crippen molar-refractivity contribution in [2.24, 2.45) is 5.92 Å². The van der Waals surface area contributed by atoms with E-state index in [2.05, 4.69) is 21.3 Å². The van der Waals surface area contributed by atoms with Crippen molar-refractivity contribution in [1.82, 2.24) is 15.2 Å². The second kappa shape index (κ2) is 9.83. The van der Waals surface area contributed by atoms with Gasteiger partial charge in [-0.25, -0.2) is 0 Å². The molecule has 6 nitrogen and oxygen atoms in total. The number of carbonyl (C=O) groups excluding carboxylic acids is 2. The molecular formula is C21H31N3O3. The summed E-state index contributed by atoms with van der Waals surface area (Å²) in [6, 6.07) is 4.78. The van der Waals surface area contributed by atoms with Crippen molar-refractivity contribution >= 4 is 11.9 Å². The number of carbonyl (C=O) groups is 2. The molecule has 2 fully saturated rings. The maximum absolute atomic E-state index is 12.3. The van der Waals surface area contributed by atoms with Gasteiger partial charge in [0.25, 0.3) is 0 Å². The third-order valence-electron chi connectivity index (χ3n) is 5.91. The van der Waals surface area contributed by atoms with Gasteiger partial charge in [0.15, 0.2) is 0 Å². The third kappa shape index (κ3) is 5.51. The van der Waals surface area contributed by atoms with Gasteiger partial charge in [0.2, 0.25) is 5.91 Å². The van der Waals surface area contributed by atoms with Gasteiger partial charge in [-0.1, -0.05) is 6.07 Å². The highest BCUT2D eigenvalue weighted by atomic mass is 16.5. The molecule has 0 spiro atoms. The standard InChI is InChI=1S/C21H31N3O3/c1-27-21(26)16-8-10-18(11-9-16)23-20(25)7-4-14-24-13-3-6-19(24)17-5-2-12-22-15-17/h2,5,12,15-16,18-19H,3-4,6-11,13-14H2,1H3,(H,23,25)/t16?,18?,19-/m0/s1. The molecule has 0 unspecified atom stereocenters. The van der Waals surface area contributed by atoms with Crippen LogP contribution in [0.15, 0.2) is 24.5 Å². The van der Waals surface area contributed by atoms with E-state index in [4.69, 9.17) is 4.74 Å². The number of amides is 1. The van der Waals surface area contributed by atoms with Crippen LogP contribution in [-0.4, -0.2) is 48.0 Å². The minimum atomic E-state index is -0.117. The van der Waals surface area contributed by atoms with E-state index < -0.39 is 0 Å². The van der Waals surface area contributed by atoms with Gasteiger partial charge >= 0.3 is 5.97 Å². The van der Waals surface area contributed by atoms with Gasteiger partial charge in [0, 0.05) is 30.9 Å². The Labute approximate surface area is 161 Å². The van der Waals surface area contributed by atoms with Crippen molar-refractivity contribution in [1.29, 1.82) is 0 Å². The summed E-state index contributed by atoms with van der Waals surface area (Å²) in [7, 11) is 1.44. The maximum atomic E-state index is 12.3. The number of methoxy groups -OCH3 is 1. The van der Waals surface area contributed by atoms with Crippen molar-refractivity contribution < 1.29 is 14.3 Å². The Kier molecular flexibility index (Phi) is 7.21. The molecule has 1 aromatic rings. The molecule has 1 atom stereocenters. The van der Waals surface area contributed by atoms with Crippen LogP contribution in [0.2, 0.25) is 0 Å². The van der Waals surface area contributed by atoms with E-state index in [1.807, 2.05) is 18.5 Å². The van der Waals surface area contributed by atoms with Gasteiger partial charge in [-0.2, -0.15) is 0 Å². The highest BCUT2D eigenvalue weighted by Gasteiger charge is 2.28. The topological polar surface area (TPSA) is 71.5 Å². The van der Waals surface area contributed by atoms with E-state index in [0.29, 0.717) is 12.5 Å². The average Bonchev–Trinajstić information content (AvgIpc) is 3.17. The lowest BCUT2D eigenvalue weighted by Crippen LogP contribution is -2.39. The first kappa shape index (κ1) is 19.8. The summed E-state index contributed by atoms with van der Waals surface area (Å²) in [5.74, 6) is 0.0185. The van der Waals surface area contributed by atoms with Crippen LogP contribution in [0.25, 0.3) is 0 Å². The van der Waals surface area contributed by atoms with Crippen LogP contribution in [-0.2, 0) is 14.3 Å². The molecule has 27 heavy (non-hydrogen) atoms. The highest BCUT2D eigenvalue weighted by molar-refractivity contribution is 5.76. The van der Waals surface area contributed by atoms with E-state index in [0.717, 1.165) is 45.2 Å². The number of esters is 1. The largest absolute Gasteiger partial charge is 0.469 e. The molecule has 0 aromatic carbocycles. The molecule has 1 N–H and O–H groups in total. The summed E-state index contributed by atoms with van der Waals surface area (Å²) in [5, 5.41) is 3.15.